The molecule has 0 fully saturated rings. The minimum atomic E-state index is -0.865. The topological polar surface area (TPSA) is 40.5 Å². The summed E-state index contributed by atoms with van der Waals surface area (Å²) < 4.78 is 0. The van der Waals surface area contributed by atoms with Crippen molar-refractivity contribution in [2.75, 3.05) is 6.61 Å². The third kappa shape index (κ3) is 18.1. The molecule has 0 saturated heterocycles. The van der Waals surface area contributed by atoms with Crippen molar-refractivity contribution in [3.63, 3.8) is 0 Å². The molecule has 0 spiro atoms. The van der Waals surface area contributed by atoms with E-state index >= 15 is 0 Å². The average Bonchev–Trinajstić information content (AvgIpc) is 2.54. The van der Waals surface area contributed by atoms with Crippen LogP contribution in [0.1, 0.15) is 123 Å². The largest absolute Gasteiger partial charge is 0.393 e. The monoisotopic (exact) mass is 328 g/mol. The summed E-state index contributed by atoms with van der Waals surface area (Å²) in [4.78, 5) is 0. The number of unbranched alkanes of at least 4 members (excludes halogenated alkanes) is 15. The van der Waals surface area contributed by atoms with Gasteiger partial charge in [0.25, 0.3) is 0 Å². The van der Waals surface area contributed by atoms with Gasteiger partial charge in [-0.2, -0.15) is 0 Å². The zero-order valence-corrected chi connectivity index (χ0v) is 16.1. The number of hydrogen-bond acceptors (Lipinski definition) is 2. The van der Waals surface area contributed by atoms with E-state index in [1.807, 2.05) is 0 Å². The van der Waals surface area contributed by atoms with E-state index in [1.54, 1.807) is 6.92 Å². The predicted octanol–water partition coefficient (Wildman–Crippen LogP) is 6.38. The van der Waals surface area contributed by atoms with Crippen molar-refractivity contribution in [3.05, 3.63) is 0 Å². The maximum absolute atomic E-state index is 9.69. The van der Waals surface area contributed by atoms with E-state index in [0.29, 0.717) is 0 Å². The van der Waals surface area contributed by atoms with Crippen LogP contribution in [0.2, 0.25) is 0 Å². The smallest absolute Gasteiger partial charge is 0.0849 e. The zero-order valence-electron chi connectivity index (χ0n) is 16.1. The van der Waals surface area contributed by atoms with Gasteiger partial charge in [-0.05, 0) is 13.3 Å². The molecule has 0 heterocycles. The molecule has 0 aromatic rings. The van der Waals surface area contributed by atoms with Gasteiger partial charge in [-0.15, -0.1) is 0 Å². The zero-order chi connectivity index (χ0) is 17.2. The van der Waals surface area contributed by atoms with E-state index in [2.05, 4.69) is 6.92 Å². The fraction of sp³-hybridized carbons (Fsp3) is 1.00. The molecule has 0 bridgehead atoms. The van der Waals surface area contributed by atoms with E-state index in [-0.39, 0.29) is 6.61 Å². The van der Waals surface area contributed by atoms with E-state index in [9.17, 15) is 5.11 Å². The Kier molecular flexibility index (Phi) is 16.7. The summed E-state index contributed by atoms with van der Waals surface area (Å²) >= 11 is 0. The van der Waals surface area contributed by atoms with Gasteiger partial charge < -0.3 is 10.2 Å². The summed E-state index contributed by atoms with van der Waals surface area (Å²) in [5.41, 5.74) is -0.865. The van der Waals surface area contributed by atoms with Gasteiger partial charge in [0.05, 0.1) is 12.2 Å². The molecule has 2 nitrogen and oxygen atoms in total. The van der Waals surface area contributed by atoms with Crippen LogP contribution < -0.4 is 0 Å². The van der Waals surface area contributed by atoms with E-state index < -0.39 is 5.60 Å². The van der Waals surface area contributed by atoms with Crippen LogP contribution in [0.15, 0.2) is 0 Å². The highest BCUT2D eigenvalue weighted by atomic mass is 16.3. The van der Waals surface area contributed by atoms with Crippen LogP contribution in [0.5, 0.6) is 0 Å². The molecule has 0 aliphatic rings. The minimum absolute atomic E-state index is 0.119. The number of aliphatic hydroxyl groups is 2. The fourth-order valence-corrected chi connectivity index (χ4v) is 3.13. The Morgan fingerprint density at radius 1 is 0.565 bits per heavy atom. The van der Waals surface area contributed by atoms with Crippen LogP contribution in [0.4, 0.5) is 0 Å². The molecule has 0 aliphatic carbocycles. The van der Waals surface area contributed by atoms with Crippen molar-refractivity contribution in [2.24, 2.45) is 0 Å². The van der Waals surface area contributed by atoms with Gasteiger partial charge in [-0.3, -0.25) is 0 Å². The molecule has 2 N–H and O–H groups in total. The normalized spacial score (nSPS) is 14.1. The summed E-state index contributed by atoms with van der Waals surface area (Å²) in [6, 6.07) is 0. The van der Waals surface area contributed by atoms with Crippen molar-refractivity contribution >= 4 is 0 Å². The average molecular weight is 329 g/mol. The van der Waals surface area contributed by atoms with Gasteiger partial charge in [0, 0.05) is 0 Å². The molecule has 2 heteroatoms. The second kappa shape index (κ2) is 16.8. The summed E-state index contributed by atoms with van der Waals surface area (Å²) in [5.74, 6) is 0. The highest BCUT2D eigenvalue weighted by molar-refractivity contribution is 4.70. The van der Waals surface area contributed by atoms with Gasteiger partial charge in [0.15, 0.2) is 0 Å². The molecule has 0 rings (SSSR count). The van der Waals surface area contributed by atoms with Crippen molar-refractivity contribution in [1.29, 1.82) is 0 Å². The summed E-state index contributed by atoms with van der Waals surface area (Å²) in [6.07, 6.45) is 22.6. The van der Waals surface area contributed by atoms with E-state index in [0.717, 1.165) is 12.8 Å². The maximum Gasteiger partial charge on any atom is 0.0849 e. The molecule has 140 valence electrons. The molecule has 0 aliphatic heterocycles. The molecule has 0 amide bonds. The third-order valence-electron chi connectivity index (χ3n) is 4.91. The Labute approximate surface area is 146 Å². The Hall–Kier alpha value is -0.0800. The Morgan fingerprint density at radius 2 is 0.870 bits per heavy atom. The highest BCUT2D eigenvalue weighted by Crippen LogP contribution is 2.16. The molecular weight excluding hydrogens is 284 g/mol. The fourth-order valence-electron chi connectivity index (χ4n) is 3.13. The van der Waals surface area contributed by atoms with Crippen LogP contribution in [0.3, 0.4) is 0 Å². The standard InChI is InChI=1S/C21H44O2/c1-3-4-5-6-7-8-9-10-11-12-13-14-15-16-17-18-19-21(2,23)20-22/h22-23H,3-20H2,1-2H3. The third-order valence-corrected chi connectivity index (χ3v) is 4.91. The van der Waals surface area contributed by atoms with Crippen LogP contribution >= 0.6 is 0 Å². The number of aliphatic hydroxyl groups excluding tert-OH is 1. The molecule has 0 aromatic carbocycles. The Morgan fingerprint density at radius 3 is 1.17 bits per heavy atom. The van der Waals surface area contributed by atoms with Gasteiger partial charge in [-0.1, -0.05) is 110 Å². The molecule has 0 saturated carbocycles. The Bertz CT molecular complexity index is 226. The quantitative estimate of drug-likeness (QED) is 0.286. The van der Waals surface area contributed by atoms with Crippen molar-refractivity contribution in [2.45, 2.75) is 129 Å². The molecule has 0 radical (unpaired) electrons. The van der Waals surface area contributed by atoms with Crippen LogP contribution in [0.25, 0.3) is 0 Å². The van der Waals surface area contributed by atoms with Gasteiger partial charge >= 0.3 is 0 Å². The summed E-state index contributed by atoms with van der Waals surface area (Å²) in [5, 5.41) is 18.7. The second-order valence-corrected chi connectivity index (χ2v) is 7.71. The first-order valence-electron chi connectivity index (χ1n) is 10.5. The number of rotatable bonds is 18. The van der Waals surface area contributed by atoms with Gasteiger partial charge in [0.1, 0.15) is 0 Å². The first-order chi connectivity index (χ1) is 11.1. The van der Waals surface area contributed by atoms with Crippen molar-refractivity contribution in [3.8, 4) is 0 Å². The van der Waals surface area contributed by atoms with E-state index in [4.69, 9.17) is 5.11 Å². The minimum Gasteiger partial charge on any atom is -0.393 e. The predicted molar refractivity (Wildman–Crippen MR) is 102 cm³/mol. The lowest BCUT2D eigenvalue weighted by Gasteiger charge is -2.19. The molecule has 23 heavy (non-hydrogen) atoms. The van der Waals surface area contributed by atoms with Gasteiger partial charge in [0.2, 0.25) is 0 Å². The SMILES string of the molecule is CCCCCCCCCCCCCCCCCCC(C)(O)CO. The van der Waals surface area contributed by atoms with Gasteiger partial charge in [-0.25, -0.2) is 0 Å². The molecular formula is C21H44O2. The maximum atomic E-state index is 9.69. The van der Waals surface area contributed by atoms with Crippen molar-refractivity contribution < 1.29 is 10.2 Å². The Balaban J connectivity index is 3.05. The first-order valence-corrected chi connectivity index (χ1v) is 10.5. The molecule has 1 atom stereocenters. The first kappa shape index (κ1) is 22.9. The summed E-state index contributed by atoms with van der Waals surface area (Å²) in [7, 11) is 0. The van der Waals surface area contributed by atoms with Crippen LogP contribution in [-0.4, -0.2) is 22.4 Å². The lowest BCUT2D eigenvalue weighted by Crippen LogP contribution is -2.28. The molecule has 0 aromatic heterocycles. The second-order valence-electron chi connectivity index (χ2n) is 7.71. The van der Waals surface area contributed by atoms with E-state index in [1.165, 1.54) is 96.3 Å². The lowest BCUT2D eigenvalue weighted by atomic mass is 9.98. The summed E-state index contributed by atoms with van der Waals surface area (Å²) in [6.45, 7) is 3.88. The lowest BCUT2D eigenvalue weighted by molar-refractivity contribution is -0.00695. The van der Waals surface area contributed by atoms with Crippen molar-refractivity contribution in [1.82, 2.24) is 0 Å². The highest BCUT2D eigenvalue weighted by Gasteiger charge is 2.17. The molecule has 1 unspecified atom stereocenters. The number of hydrogen-bond donors (Lipinski definition) is 2. The van der Waals surface area contributed by atoms with Crippen LogP contribution in [0, 0.1) is 0 Å². The van der Waals surface area contributed by atoms with Crippen LogP contribution in [-0.2, 0) is 0 Å².